The molecule has 1 rings (SSSR count). The summed E-state index contributed by atoms with van der Waals surface area (Å²) in [5.74, 6) is -1.26. The lowest BCUT2D eigenvalue weighted by Gasteiger charge is -2.12. The van der Waals surface area contributed by atoms with E-state index in [1.807, 2.05) is 31.2 Å². The Morgan fingerprint density at radius 3 is 2.71 bits per heavy atom. The Kier molecular flexibility index (Phi) is 3.46. The van der Waals surface area contributed by atoms with Crippen LogP contribution in [0.1, 0.15) is 23.5 Å². The second-order valence-electron chi connectivity index (χ2n) is 3.27. The molecule has 0 unspecified atom stereocenters. The molecule has 0 fully saturated rings. The van der Waals surface area contributed by atoms with Crippen molar-refractivity contribution in [2.75, 3.05) is 0 Å². The summed E-state index contributed by atoms with van der Waals surface area (Å²) in [4.78, 5) is 11.0. The van der Waals surface area contributed by atoms with E-state index in [0.717, 1.165) is 11.1 Å². The Bertz CT molecular complexity index is 342. The van der Waals surface area contributed by atoms with Gasteiger partial charge in [0.25, 0.3) is 0 Å². The van der Waals surface area contributed by atoms with Gasteiger partial charge in [-0.25, -0.2) is 0 Å². The van der Waals surface area contributed by atoms with Gasteiger partial charge >= 0.3 is 5.97 Å². The lowest BCUT2D eigenvalue weighted by molar-refractivity contribution is -0.138. The molecule has 2 heteroatoms. The lowest BCUT2D eigenvalue weighted by Crippen LogP contribution is -2.11. The second-order valence-corrected chi connectivity index (χ2v) is 3.27. The summed E-state index contributed by atoms with van der Waals surface area (Å²) < 4.78 is 0. The molecule has 0 aliphatic carbocycles. The van der Waals surface area contributed by atoms with Crippen LogP contribution >= 0.6 is 0 Å². The first kappa shape index (κ1) is 10.5. The average Bonchev–Trinajstić information content (AvgIpc) is 2.15. The zero-order valence-corrected chi connectivity index (χ0v) is 8.23. The van der Waals surface area contributed by atoms with Gasteiger partial charge in [0.15, 0.2) is 0 Å². The van der Waals surface area contributed by atoms with Crippen molar-refractivity contribution in [3.8, 4) is 0 Å². The van der Waals surface area contributed by atoms with Crippen LogP contribution in [-0.2, 0) is 4.79 Å². The van der Waals surface area contributed by atoms with Gasteiger partial charge in [-0.1, -0.05) is 30.3 Å². The van der Waals surface area contributed by atoms with E-state index in [0.29, 0.717) is 6.42 Å². The van der Waals surface area contributed by atoms with Crippen LogP contribution in [0.15, 0.2) is 36.9 Å². The van der Waals surface area contributed by atoms with E-state index < -0.39 is 11.9 Å². The van der Waals surface area contributed by atoms with E-state index in [2.05, 4.69) is 6.58 Å². The molecule has 1 aromatic rings. The van der Waals surface area contributed by atoms with E-state index in [-0.39, 0.29) is 0 Å². The standard InChI is InChI=1S/C12H14O2/c1-3-6-11(12(13)14)10-8-5-4-7-9(10)2/h3-5,7-8,11H,1,6H2,2H3,(H,13,14)/t11-/m0/s1. The summed E-state index contributed by atoms with van der Waals surface area (Å²) in [7, 11) is 0. The maximum atomic E-state index is 11.0. The lowest BCUT2D eigenvalue weighted by atomic mass is 9.92. The summed E-state index contributed by atoms with van der Waals surface area (Å²) in [5, 5.41) is 9.03. The fourth-order valence-electron chi connectivity index (χ4n) is 1.51. The molecular formula is C12H14O2. The number of allylic oxidation sites excluding steroid dienone is 1. The fraction of sp³-hybridized carbons (Fsp3) is 0.250. The first-order chi connectivity index (χ1) is 6.66. The fourth-order valence-corrected chi connectivity index (χ4v) is 1.51. The Morgan fingerprint density at radius 1 is 1.57 bits per heavy atom. The highest BCUT2D eigenvalue weighted by Crippen LogP contribution is 2.23. The number of carboxylic acids is 1. The number of aliphatic carboxylic acids is 1. The van der Waals surface area contributed by atoms with Crippen LogP contribution in [0.3, 0.4) is 0 Å². The first-order valence-electron chi connectivity index (χ1n) is 4.56. The van der Waals surface area contributed by atoms with E-state index in [1.165, 1.54) is 0 Å². The van der Waals surface area contributed by atoms with E-state index >= 15 is 0 Å². The van der Waals surface area contributed by atoms with Gasteiger partial charge in [-0.15, -0.1) is 6.58 Å². The average molecular weight is 190 g/mol. The number of aryl methyl sites for hydroxylation is 1. The molecule has 1 aromatic carbocycles. The van der Waals surface area contributed by atoms with Crippen LogP contribution < -0.4 is 0 Å². The molecule has 2 nitrogen and oxygen atoms in total. The van der Waals surface area contributed by atoms with Crippen LogP contribution in [0.5, 0.6) is 0 Å². The molecule has 0 amide bonds. The number of hydrogen-bond donors (Lipinski definition) is 1. The number of rotatable bonds is 4. The molecule has 74 valence electrons. The summed E-state index contributed by atoms with van der Waals surface area (Å²) in [5.41, 5.74) is 1.89. The molecule has 0 heterocycles. The molecule has 1 N–H and O–H groups in total. The minimum atomic E-state index is -0.792. The van der Waals surface area contributed by atoms with Crippen LogP contribution in [-0.4, -0.2) is 11.1 Å². The summed E-state index contributed by atoms with van der Waals surface area (Å²) in [6, 6.07) is 7.55. The predicted octanol–water partition coefficient (Wildman–Crippen LogP) is 2.74. The molecule has 0 saturated heterocycles. The van der Waals surface area contributed by atoms with Crippen molar-refractivity contribution in [1.29, 1.82) is 0 Å². The maximum Gasteiger partial charge on any atom is 0.311 e. The normalized spacial score (nSPS) is 12.1. The Hall–Kier alpha value is -1.57. The minimum absolute atomic E-state index is 0.464. The minimum Gasteiger partial charge on any atom is -0.481 e. The molecule has 0 aliphatic heterocycles. The zero-order valence-electron chi connectivity index (χ0n) is 8.23. The highest BCUT2D eigenvalue weighted by atomic mass is 16.4. The number of benzene rings is 1. The van der Waals surface area contributed by atoms with Gasteiger partial charge in [-0.3, -0.25) is 4.79 Å². The smallest absolute Gasteiger partial charge is 0.311 e. The molecule has 0 saturated carbocycles. The predicted molar refractivity (Wildman–Crippen MR) is 56.4 cm³/mol. The molecule has 14 heavy (non-hydrogen) atoms. The third-order valence-electron chi connectivity index (χ3n) is 2.26. The highest BCUT2D eigenvalue weighted by molar-refractivity contribution is 5.76. The van der Waals surface area contributed by atoms with E-state index in [9.17, 15) is 4.79 Å². The summed E-state index contributed by atoms with van der Waals surface area (Å²) in [6.45, 7) is 5.50. The SMILES string of the molecule is C=CC[C@H](C(=O)O)c1ccccc1C. The third-order valence-corrected chi connectivity index (χ3v) is 2.26. The van der Waals surface area contributed by atoms with Crippen molar-refractivity contribution in [2.45, 2.75) is 19.3 Å². The van der Waals surface area contributed by atoms with Gasteiger partial charge in [0.05, 0.1) is 5.92 Å². The van der Waals surface area contributed by atoms with Crippen LogP contribution in [0, 0.1) is 6.92 Å². The first-order valence-corrected chi connectivity index (χ1v) is 4.56. The molecule has 0 spiro atoms. The molecule has 0 bridgehead atoms. The third kappa shape index (κ3) is 2.22. The molecule has 0 radical (unpaired) electrons. The van der Waals surface area contributed by atoms with Gasteiger partial charge in [0.1, 0.15) is 0 Å². The summed E-state index contributed by atoms with van der Waals surface area (Å²) >= 11 is 0. The van der Waals surface area contributed by atoms with E-state index in [1.54, 1.807) is 6.08 Å². The van der Waals surface area contributed by atoms with Crippen LogP contribution in [0.2, 0.25) is 0 Å². The van der Waals surface area contributed by atoms with Crippen molar-refractivity contribution in [1.82, 2.24) is 0 Å². The Balaban J connectivity index is 3.04. The summed E-state index contributed by atoms with van der Waals surface area (Å²) in [6.07, 6.45) is 2.12. The van der Waals surface area contributed by atoms with Gasteiger partial charge in [0, 0.05) is 0 Å². The highest BCUT2D eigenvalue weighted by Gasteiger charge is 2.19. The topological polar surface area (TPSA) is 37.3 Å². The second kappa shape index (κ2) is 4.61. The van der Waals surface area contributed by atoms with E-state index in [4.69, 9.17) is 5.11 Å². The molecule has 0 aliphatic rings. The van der Waals surface area contributed by atoms with Crippen LogP contribution in [0.4, 0.5) is 0 Å². The number of carboxylic acid groups (broad SMARTS) is 1. The Labute approximate surface area is 83.9 Å². The van der Waals surface area contributed by atoms with Gasteiger partial charge in [0.2, 0.25) is 0 Å². The van der Waals surface area contributed by atoms with Gasteiger partial charge in [-0.05, 0) is 24.5 Å². The van der Waals surface area contributed by atoms with Crippen molar-refractivity contribution < 1.29 is 9.90 Å². The largest absolute Gasteiger partial charge is 0.481 e. The zero-order chi connectivity index (χ0) is 10.6. The number of carbonyl (C=O) groups is 1. The molecule has 1 atom stereocenters. The van der Waals surface area contributed by atoms with Crippen LogP contribution in [0.25, 0.3) is 0 Å². The molecule has 0 aromatic heterocycles. The monoisotopic (exact) mass is 190 g/mol. The molecular weight excluding hydrogens is 176 g/mol. The quantitative estimate of drug-likeness (QED) is 0.741. The van der Waals surface area contributed by atoms with Gasteiger partial charge < -0.3 is 5.11 Å². The number of hydrogen-bond acceptors (Lipinski definition) is 1. The van der Waals surface area contributed by atoms with Crippen molar-refractivity contribution >= 4 is 5.97 Å². The van der Waals surface area contributed by atoms with Crippen molar-refractivity contribution in [3.63, 3.8) is 0 Å². The van der Waals surface area contributed by atoms with Crippen molar-refractivity contribution in [2.24, 2.45) is 0 Å². The van der Waals surface area contributed by atoms with Crippen molar-refractivity contribution in [3.05, 3.63) is 48.0 Å². The van der Waals surface area contributed by atoms with Gasteiger partial charge in [-0.2, -0.15) is 0 Å². The Morgan fingerprint density at radius 2 is 2.21 bits per heavy atom. The maximum absolute atomic E-state index is 11.0.